The molecule has 1 N–H and O–H groups in total. The Balaban J connectivity index is 1.08. The van der Waals surface area contributed by atoms with Crippen molar-refractivity contribution in [2.75, 3.05) is 26.2 Å². The monoisotopic (exact) mass is 508 g/mol. The number of likely N-dealkylation sites (tertiary alicyclic amines) is 2. The number of piperidine rings is 1. The molecule has 3 atom stereocenters. The van der Waals surface area contributed by atoms with Gasteiger partial charge in [-0.3, -0.25) is 29.5 Å². The van der Waals surface area contributed by atoms with Crippen LogP contribution >= 0.6 is 0 Å². The van der Waals surface area contributed by atoms with Gasteiger partial charge in [0.05, 0.1) is 0 Å². The summed E-state index contributed by atoms with van der Waals surface area (Å²) in [7, 11) is 0. The van der Waals surface area contributed by atoms with Gasteiger partial charge < -0.3 is 9.64 Å². The number of carbonyl (C=O) groups is 3. The average Bonchev–Trinajstić information content (AvgIpc) is 3.16. The normalized spacial score (nSPS) is 30.3. The molecule has 0 bridgehead atoms. The van der Waals surface area contributed by atoms with Crippen LogP contribution in [-0.4, -0.2) is 82.8 Å². The zero-order valence-electron chi connectivity index (χ0n) is 21.8. The smallest absolute Gasteiger partial charge is 0.255 e. The molecule has 8 nitrogen and oxygen atoms in total. The van der Waals surface area contributed by atoms with Crippen molar-refractivity contribution in [2.24, 2.45) is 0 Å². The van der Waals surface area contributed by atoms with E-state index >= 15 is 0 Å². The van der Waals surface area contributed by atoms with Gasteiger partial charge in [-0.25, -0.2) is 0 Å². The molecule has 200 valence electrons. The van der Waals surface area contributed by atoms with E-state index < -0.39 is 6.04 Å². The Morgan fingerprint density at radius 1 is 0.838 bits per heavy atom. The van der Waals surface area contributed by atoms with Crippen molar-refractivity contribution in [3.8, 4) is 5.75 Å². The second kappa shape index (κ2) is 10.7. The van der Waals surface area contributed by atoms with Gasteiger partial charge in [0.15, 0.2) is 0 Å². The lowest BCUT2D eigenvalue weighted by Crippen LogP contribution is -2.65. The van der Waals surface area contributed by atoms with E-state index in [2.05, 4.69) is 15.1 Å². The number of hydrogen-bond acceptors (Lipinski definition) is 6. The minimum atomic E-state index is -0.586. The lowest BCUT2D eigenvalue weighted by molar-refractivity contribution is -0.136. The first-order valence-electron chi connectivity index (χ1n) is 14.5. The van der Waals surface area contributed by atoms with Crippen LogP contribution in [0.3, 0.4) is 0 Å². The lowest BCUT2D eigenvalue weighted by atomic mass is 9.88. The SMILES string of the molecule is O=C1CCC(N2Cc3cc(OC4CCCCC4N4CC(N5CCCCCCC5)C4)ccc3C2=O)C(=O)N1. The highest BCUT2D eigenvalue weighted by Gasteiger charge is 2.42. The zero-order valence-corrected chi connectivity index (χ0v) is 21.8. The van der Waals surface area contributed by atoms with Crippen LogP contribution < -0.4 is 10.1 Å². The van der Waals surface area contributed by atoms with Crippen LogP contribution in [0.4, 0.5) is 0 Å². The van der Waals surface area contributed by atoms with Gasteiger partial charge in [0.25, 0.3) is 5.91 Å². The highest BCUT2D eigenvalue weighted by Crippen LogP contribution is 2.34. The van der Waals surface area contributed by atoms with Gasteiger partial charge in [0, 0.05) is 43.7 Å². The summed E-state index contributed by atoms with van der Waals surface area (Å²) in [6.07, 6.45) is 12.4. The van der Waals surface area contributed by atoms with E-state index in [0.29, 0.717) is 30.6 Å². The number of amides is 3. The molecule has 37 heavy (non-hydrogen) atoms. The Bertz CT molecular complexity index is 1030. The maximum atomic E-state index is 13.0. The molecular formula is C29H40N4O4. The summed E-state index contributed by atoms with van der Waals surface area (Å²) in [5.74, 6) is 0.0397. The van der Waals surface area contributed by atoms with Crippen LogP contribution in [0.15, 0.2) is 18.2 Å². The number of hydrogen-bond donors (Lipinski definition) is 1. The number of imide groups is 1. The van der Waals surface area contributed by atoms with Crippen molar-refractivity contribution in [3.63, 3.8) is 0 Å². The number of benzene rings is 1. The fourth-order valence-corrected chi connectivity index (χ4v) is 7.06. The van der Waals surface area contributed by atoms with E-state index in [0.717, 1.165) is 30.8 Å². The Labute approximate surface area is 219 Å². The molecule has 1 aromatic carbocycles. The molecule has 4 aliphatic heterocycles. The van der Waals surface area contributed by atoms with E-state index in [4.69, 9.17) is 4.74 Å². The summed E-state index contributed by atoms with van der Waals surface area (Å²) in [4.78, 5) is 43.9. The van der Waals surface area contributed by atoms with Crippen LogP contribution in [0.1, 0.15) is 86.6 Å². The molecule has 4 fully saturated rings. The molecule has 0 aromatic heterocycles. The predicted molar refractivity (Wildman–Crippen MR) is 139 cm³/mol. The Kier molecular flexibility index (Phi) is 7.21. The maximum absolute atomic E-state index is 13.0. The summed E-state index contributed by atoms with van der Waals surface area (Å²) < 4.78 is 6.61. The molecule has 0 radical (unpaired) electrons. The largest absolute Gasteiger partial charge is 0.489 e. The highest BCUT2D eigenvalue weighted by atomic mass is 16.5. The molecule has 6 rings (SSSR count). The number of fused-ring (bicyclic) bond motifs is 1. The van der Waals surface area contributed by atoms with Crippen molar-refractivity contribution in [1.29, 1.82) is 0 Å². The number of nitrogens with one attached hydrogen (secondary N) is 1. The van der Waals surface area contributed by atoms with Crippen LogP contribution in [0.2, 0.25) is 0 Å². The molecule has 3 unspecified atom stereocenters. The molecular weight excluding hydrogens is 468 g/mol. The van der Waals surface area contributed by atoms with E-state index in [-0.39, 0.29) is 30.2 Å². The second-order valence-corrected chi connectivity index (χ2v) is 11.6. The Hall–Kier alpha value is -2.45. The third-order valence-corrected chi connectivity index (χ3v) is 9.22. The van der Waals surface area contributed by atoms with E-state index in [9.17, 15) is 14.4 Å². The molecule has 5 aliphatic rings. The summed E-state index contributed by atoms with van der Waals surface area (Å²) in [5.41, 5.74) is 1.54. The number of nitrogens with zero attached hydrogens (tertiary/aromatic N) is 3. The summed E-state index contributed by atoms with van der Waals surface area (Å²) in [5, 5.41) is 2.37. The molecule has 4 heterocycles. The number of rotatable bonds is 5. The lowest BCUT2D eigenvalue weighted by Gasteiger charge is -2.51. The average molecular weight is 509 g/mol. The zero-order chi connectivity index (χ0) is 25.4. The van der Waals surface area contributed by atoms with Gasteiger partial charge in [0.2, 0.25) is 11.8 Å². The summed E-state index contributed by atoms with van der Waals surface area (Å²) >= 11 is 0. The van der Waals surface area contributed by atoms with Gasteiger partial charge in [-0.2, -0.15) is 0 Å². The third-order valence-electron chi connectivity index (χ3n) is 9.22. The minimum absolute atomic E-state index is 0.137. The quantitative estimate of drug-likeness (QED) is 0.616. The topological polar surface area (TPSA) is 82.2 Å². The summed E-state index contributed by atoms with van der Waals surface area (Å²) in [6.45, 7) is 5.21. The molecule has 3 amide bonds. The first-order chi connectivity index (χ1) is 18.1. The molecule has 1 aliphatic carbocycles. The van der Waals surface area contributed by atoms with E-state index in [1.54, 1.807) is 4.90 Å². The van der Waals surface area contributed by atoms with Gasteiger partial charge >= 0.3 is 0 Å². The highest BCUT2D eigenvalue weighted by molar-refractivity contribution is 6.05. The second-order valence-electron chi connectivity index (χ2n) is 11.6. The van der Waals surface area contributed by atoms with Crippen LogP contribution in [0, 0.1) is 0 Å². The third kappa shape index (κ3) is 5.15. The Morgan fingerprint density at radius 2 is 1.59 bits per heavy atom. The fraction of sp³-hybridized carbons (Fsp3) is 0.690. The van der Waals surface area contributed by atoms with Crippen LogP contribution in [0.25, 0.3) is 0 Å². The maximum Gasteiger partial charge on any atom is 0.255 e. The molecule has 1 aromatic rings. The Morgan fingerprint density at radius 3 is 2.38 bits per heavy atom. The molecule has 3 saturated heterocycles. The van der Waals surface area contributed by atoms with Gasteiger partial charge in [-0.1, -0.05) is 25.7 Å². The predicted octanol–water partition coefficient (Wildman–Crippen LogP) is 3.09. The molecule has 1 saturated carbocycles. The van der Waals surface area contributed by atoms with Crippen molar-refractivity contribution >= 4 is 17.7 Å². The first-order valence-corrected chi connectivity index (χ1v) is 14.5. The van der Waals surface area contributed by atoms with Crippen molar-refractivity contribution < 1.29 is 19.1 Å². The first kappa shape index (κ1) is 24.9. The standard InChI is InChI=1S/C29H40N4O4/c34-27-13-12-25(28(35)30-27)33-17-20-16-22(10-11-23(20)29(33)36)37-26-9-5-4-8-24(26)32-18-21(19-32)31-14-6-2-1-3-7-15-31/h10-11,16,21,24-26H,1-9,12-15,17-19H2,(H,30,34,35). The fourth-order valence-electron chi connectivity index (χ4n) is 7.06. The van der Waals surface area contributed by atoms with Crippen LogP contribution in [-0.2, 0) is 16.1 Å². The number of ether oxygens (including phenoxy) is 1. The van der Waals surface area contributed by atoms with Crippen molar-refractivity contribution in [1.82, 2.24) is 20.0 Å². The van der Waals surface area contributed by atoms with Gasteiger partial charge in [0.1, 0.15) is 17.9 Å². The van der Waals surface area contributed by atoms with Crippen LogP contribution in [0.5, 0.6) is 5.75 Å². The van der Waals surface area contributed by atoms with Crippen molar-refractivity contribution in [3.05, 3.63) is 29.3 Å². The molecule has 8 heteroatoms. The summed E-state index contributed by atoms with van der Waals surface area (Å²) in [6, 6.07) is 6.31. The van der Waals surface area contributed by atoms with Crippen molar-refractivity contribution in [2.45, 2.75) is 101 Å². The van der Waals surface area contributed by atoms with Gasteiger partial charge in [-0.15, -0.1) is 0 Å². The van der Waals surface area contributed by atoms with E-state index in [1.165, 1.54) is 64.5 Å². The van der Waals surface area contributed by atoms with E-state index in [1.807, 2.05) is 18.2 Å². The van der Waals surface area contributed by atoms with Gasteiger partial charge in [-0.05, 0) is 75.4 Å². The molecule has 0 spiro atoms. The number of carbonyl (C=O) groups excluding carboxylic acids is 3. The minimum Gasteiger partial charge on any atom is -0.489 e.